The molecule has 0 bridgehead atoms. The Bertz CT molecular complexity index is 1940. The van der Waals surface area contributed by atoms with Crippen LogP contribution in [0.4, 0.5) is 0 Å². The molecule has 0 saturated carbocycles. The number of hydrogen-bond donors (Lipinski definition) is 0. The van der Waals surface area contributed by atoms with E-state index in [1.54, 1.807) is 0 Å². The summed E-state index contributed by atoms with van der Waals surface area (Å²) in [7, 11) is 0. The van der Waals surface area contributed by atoms with Gasteiger partial charge in [0.05, 0.1) is 16.7 Å². The summed E-state index contributed by atoms with van der Waals surface area (Å²) in [6, 6.07) is 46.4. The molecule has 1 nitrogen and oxygen atoms in total. The fourth-order valence-corrected chi connectivity index (χ4v) is 6.10. The molecule has 0 amide bonds. The first-order valence-electron chi connectivity index (χ1n) is 12.1. The maximum absolute atomic E-state index is 2.48. The fourth-order valence-electron chi connectivity index (χ4n) is 6.10. The van der Waals surface area contributed by atoms with Crippen molar-refractivity contribution in [1.29, 1.82) is 0 Å². The van der Waals surface area contributed by atoms with Gasteiger partial charge < -0.3 is 4.57 Å². The Morgan fingerprint density at radius 1 is 0.400 bits per heavy atom. The number of nitrogens with zero attached hydrogens (tertiary/aromatic N) is 1. The third-order valence-corrected chi connectivity index (χ3v) is 7.53. The van der Waals surface area contributed by atoms with Crippen LogP contribution in [0.15, 0.2) is 127 Å². The number of para-hydroxylation sites is 2. The molecule has 0 radical (unpaired) electrons. The first kappa shape index (κ1) is 18.8. The lowest BCUT2D eigenvalue weighted by molar-refractivity contribution is 1.19. The van der Waals surface area contributed by atoms with E-state index in [9.17, 15) is 0 Å². The van der Waals surface area contributed by atoms with Gasteiger partial charge in [0.25, 0.3) is 0 Å². The highest BCUT2D eigenvalue weighted by molar-refractivity contribution is 6.27. The summed E-state index contributed by atoms with van der Waals surface area (Å²) < 4.78 is 2.48. The van der Waals surface area contributed by atoms with E-state index in [1.165, 1.54) is 71.6 Å². The smallest absolute Gasteiger partial charge is 0.0620 e. The van der Waals surface area contributed by atoms with Gasteiger partial charge in [0.2, 0.25) is 0 Å². The third kappa shape index (κ3) is 2.47. The maximum atomic E-state index is 2.48. The van der Waals surface area contributed by atoms with Crippen molar-refractivity contribution in [1.82, 2.24) is 4.57 Å². The zero-order chi connectivity index (χ0) is 22.9. The molecule has 162 valence electrons. The molecule has 8 rings (SSSR count). The lowest BCUT2D eigenvalue weighted by Gasteiger charge is -2.15. The number of aromatic nitrogens is 1. The van der Waals surface area contributed by atoms with Crippen molar-refractivity contribution in [2.45, 2.75) is 0 Å². The van der Waals surface area contributed by atoms with E-state index in [2.05, 4.69) is 132 Å². The summed E-state index contributed by atoms with van der Waals surface area (Å²) in [6.45, 7) is 0. The van der Waals surface area contributed by atoms with E-state index in [4.69, 9.17) is 0 Å². The van der Waals surface area contributed by atoms with E-state index in [0.29, 0.717) is 0 Å². The van der Waals surface area contributed by atoms with Gasteiger partial charge in [-0.3, -0.25) is 0 Å². The van der Waals surface area contributed by atoms with Crippen molar-refractivity contribution in [3.63, 3.8) is 0 Å². The van der Waals surface area contributed by atoms with E-state index < -0.39 is 0 Å². The van der Waals surface area contributed by atoms with Gasteiger partial charge in [0.15, 0.2) is 0 Å². The van der Waals surface area contributed by atoms with Crippen molar-refractivity contribution in [2.24, 2.45) is 0 Å². The van der Waals surface area contributed by atoms with Gasteiger partial charge in [0.1, 0.15) is 0 Å². The highest BCUT2D eigenvalue weighted by Crippen LogP contribution is 2.51. The number of hydrogen-bond acceptors (Lipinski definition) is 0. The van der Waals surface area contributed by atoms with Crippen LogP contribution >= 0.6 is 0 Å². The first-order chi connectivity index (χ1) is 17.4. The second-order valence-electron chi connectivity index (χ2n) is 9.33. The maximum Gasteiger partial charge on any atom is 0.0620 e. The lowest BCUT2D eigenvalue weighted by atomic mass is 9.99. The highest BCUT2D eigenvalue weighted by Gasteiger charge is 2.25. The Labute approximate surface area is 203 Å². The molecular formula is C34H21N. The number of benzene rings is 6. The zero-order valence-corrected chi connectivity index (χ0v) is 19.1. The molecule has 1 heteroatoms. The summed E-state index contributed by atoms with van der Waals surface area (Å²) in [5.41, 5.74) is 11.5. The number of fused-ring (bicyclic) bond motifs is 7. The summed E-state index contributed by atoms with van der Waals surface area (Å²) in [4.78, 5) is 0. The largest absolute Gasteiger partial charge is 0.308 e. The van der Waals surface area contributed by atoms with Crippen LogP contribution < -0.4 is 0 Å². The predicted molar refractivity (Wildman–Crippen MR) is 148 cm³/mol. The normalized spacial score (nSPS) is 12.0. The molecule has 0 spiro atoms. The van der Waals surface area contributed by atoms with E-state index in [0.717, 1.165) is 0 Å². The van der Waals surface area contributed by atoms with Crippen LogP contribution in [-0.4, -0.2) is 4.57 Å². The minimum absolute atomic E-state index is 1.21. The zero-order valence-electron chi connectivity index (χ0n) is 19.1. The topological polar surface area (TPSA) is 4.93 Å². The second kappa shape index (κ2) is 6.94. The van der Waals surface area contributed by atoms with Crippen LogP contribution in [0.3, 0.4) is 0 Å². The fraction of sp³-hybridized carbons (Fsp3) is 0. The van der Waals surface area contributed by atoms with Gasteiger partial charge >= 0.3 is 0 Å². The van der Waals surface area contributed by atoms with Crippen molar-refractivity contribution >= 4 is 32.6 Å². The first-order valence-corrected chi connectivity index (χ1v) is 12.1. The second-order valence-corrected chi connectivity index (χ2v) is 9.33. The third-order valence-electron chi connectivity index (χ3n) is 7.53. The van der Waals surface area contributed by atoms with Gasteiger partial charge in [-0.25, -0.2) is 0 Å². The van der Waals surface area contributed by atoms with Gasteiger partial charge in [-0.15, -0.1) is 0 Å². The molecule has 0 atom stereocenters. The molecule has 0 fully saturated rings. The minimum atomic E-state index is 1.21. The summed E-state index contributed by atoms with van der Waals surface area (Å²) >= 11 is 0. The number of rotatable bonds is 2. The molecule has 1 aromatic heterocycles. The highest BCUT2D eigenvalue weighted by atomic mass is 15.0. The average Bonchev–Trinajstić information content (AvgIpc) is 3.44. The molecule has 35 heavy (non-hydrogen) atoms. The molecule has 6 aromatic carbocycles. The van der Waals surface area contributed by atoms with Crippen LogP contribution in [0, 0.1) is 0 Å². The van der Waals surface area contributed by atoms with Gasteiger partial charge in [-0.05, 0) is 51.4 Å². The van der Waals surface area contributed by atoms with Crippen molar-refractivity contribution in [3.8, 4) is 39.1 Å². The summed E-state index contributed by atoms with van der Waals surface area (Å²) in [5, 5.41) is 5.27. The Morgan fingerprint density at radius 2 is 1.03 bits per heavy atom. The molecule has 0 N–H and O–H groups in total. The SMILES string of the molecule is c1ccc(-c2ccccc2-n2c3ccccc3c3cc4c5c(cccc5c32)-c2ccccc2-4)cc1. The summed E-state index contributed by atoms with van der Waals surface area (Å²) in [5.74, 6) is 0. The van der Waals surface area contributed by atoms with Gasteiger partial charge in [-0.1, -0.05) is 109 Å². The van der Waals surface area contributed by atoms with Crippen LogP contribution in [-0.2, 0) is 0 Å². The van der Waals surface area contributed by atoms with Gasteiger partial charge in [0, 0.05) is 21.7 Å². The standard InChI is InChI=1S/C34H21N/c1-2-11-22(12-3-1)23-13-6-8-19-31(23)35-32-20-9-7-16-26(32)30-21-29-25-15-5-4-14-24(25)27-17-10-18-28(33(27)29)34(30)35/h1-21H. The van der Waals surface area contributed by atoms with Crippen LogP contribution in [0.1, 0.15) is 0 Å². The molecule has 0 unspecified atom stereocenters. The van der Waals surface area contributed by atoms with E-state index in [1.807, 2.05) is 0 Å². The minimum Gasteiger partial charge on any atom is -0.308 e. The summed E-state index contributed by atoms with van der Waals surface area (Å²) in [6.07, 6.45) is 0. The van der Waals surface area contributed by atoms with Crippen LogP contribution in [0.5, 0.6) is 0 Å². The van der Waals surface area contributed by atoms with Crippen molar-refractivity contribution in [2.75, 3.05) is 0 Å². The molecule has 7 aromatic rings. The quantitative estimate of drug-likeness (QED) is 0.251. The van der Waals surface area contributed by atoms with E-state index in [-0.39, 0.29) is 0 Å². The predicted octanol–water partition coefficient (Wildman–Crippen LogP) is 9.25. The molecule has 1 aliphatic carbocycles. The Balaban J connectivity index is 1.59. The van der Waals surface area contributed by atoms with Crippen molar-refractivity contribution in [3.05, 3.63) is 127 Å². The van der Waals surface area contributed by atoms with Crippen LogP contribution in [0.25, 0.3) is 71.6 Å². The van der Waals surface area contributed by atoms with Gasteiger partial charge in [-0.2, -0.15) is 0 Å². The molecule has 1 aliphatic rings. The monoisotopic (exact) mass is 443 g/mol. The van der Waals surface area contributed by atoms with E-state index >= 15 is 0 Å². The van der Waals surface area contributed by atoms with Crippen molar-refractivity contribution < 1.29 is 0 Å². The Morgan fingerprint density at radius 3 is 1.89 bits per heavy atom. The molecule has 0 aliphatic heterocycles. The Kier molecular flexibility index (Phi) is 3.72. The molecule has 0 saturated heterocycles. The molecular weight excluding hydrogens is 422 g/mol. The molecule has 1 heterocycles. The average molecular weight is 444 g/mol. The lowest BCUT2D eigenvalue weighted by Crippen LogP contribution is -1.97. The Hall–Kier alpha value is -4.62. The van der Waals surface area contributed by atoms with Crippen LogP contribution in [0.2, 0.25) is 0 Å².